The molecule has 0 amide bonds. The third-order valence-corrected chi connectivity index (χ3v) is 1.48. The predicted octanol–water partition coefficient (Wildman–Crippen LogP) is 1.49. The summed E-state index contributed by atoms with van der Waals surface area (Å²) >= 11 is 0. The second kappa shape index (κ2) is 3.76. The third kappa shape index (κ3) is 1.56. The lowest BCUT2D eigenvalue weighted by atomic mass is 10.1. The second-order valence-electron chi connectivity index (χ2n) is 2.24. The van der Waals surface area contributed by atoms with Crippen LogP contribution in [0.5, 0.6) is 0 Å². The molecule has 0 spiro atoms. The van der Waals surface area contributed by atoms with E-state index >= 15 is 0 Å². The number of esters is 1. The average molecular weight is 166 g/mol. The van der Waals surface area contributed by atoms with Crippen LogP contribution in [0.4, 0.5) is 0 Å². The van der Waals surface area contributed by atoms with E-state index in [1.807, 2.05) is 0 Å². The smallest absolute Gasteiger partial charge is 0.338 e. The van der Waals surface area contributed by atoms with Gasteiger partial charge in [-0.1, -0.05) is 12.2 Å². The lowest BCUT2D eigenvalue weighted by Crippen LogP contribution is -2.07. The minimum atomic E-state index is -0.400. The Morgan fingerprint density at radius 3 is 3.08 bits per heavy atom. The van der Waals surface area contributed by atoms with Crippen LogP contribution in [0.15, 0.2) is 35.6 Å². The Bertz CT molecular complexity index is 271. The monoisotopic (exact) mass is 166 g/mol. The van der Waals surface area contributed by atoms with Crippen molar-refractivity contribution in [3.8, 4) is 0 Å². The van der Waals surface area contributed by atoms with Gasteiger partial charge in [-0.15, -0.1) is 0 Å². The summed E-state index contributed by atoms with van der Waals surface area (Å²) in [5.41, 5.74) is 0.896. The number of hydrogen-bond acceptors (Lipinski definition) is 3. The Morgan fingerprint density at radius 1 is 1.75 bits per heavy atom. The fourth-order valence-electron chi connectivity index (χ4n) is 0.941. The highest BCUT2D eigenvalue weighted by Crippen LogP contribution is 2.18. The van der Waals surface area contributed by atoms with Crippen molar-refractivity contribution in [1.82, 2.24) is 0 Å². The van der Waals surface area contributed by atoms with E-state index in [2.05, 4.69) is 0 Å². The quantitative estimate of drug-likeness (QED) is 0.499. The van der Waals surface area contributed by atoms with E-state index in [0.717, 1.165) is 6.26 Å². The fraction of sp³-hybridized carbons (Fsp3) is 0.222. The normalized spacial score (nSPS) is 18.1. The molecule has 1 aliphatic rings. The van der Waals surface area contributed by atoms with Crippen LogP contribution in [0.25, 0.3) is 0 Å². The number of carbonyl (C=O) groups excluding carboxylic acids is 1. The Kier molecular flexibility index (Phi) is 2.69. The zero-order chi connectivity index (χ0) is 8.97. The summed E-state index contributed by atoms with van der Waals surface area (Å²) in [5.74, 6) is -0.400. The van der Waals surface area contributed by atoms with Gasteiger partial charge in [-0.05, 0) is 13.0 Å². The molecule has 1 N–H and O–H groups in total. The van der Waals surface area contributed by atoms with Gasteiger partial charge in [-0.3, -0.25) is 0 Å². The molecule has 0 bridgehead atoms. The van der Waals surface area contributed by atoms with E-state index in [1.54, 1.807) is 25.2 Å². The predicted molar refractivity (Wildman–Crippen MR) is 44.6 cm³/mol. The zero-order valence-corrected chi connectivity index (χ0v) is 6.78. The molecule has 3 heteroatoms. The van der Waals surface area contributed by atoms with Crippen LogP contribution >= 0.6 is 0 Å². The molecule has 0 unspecified atom stereocenters. The molecule has 0 aromatic rings. The minimum Gasteiger partial charge on any atom is -0.515 e. The first-order valence-electron chi connectivity index (χ1n) is 3.69. The molecule has 0 heterocycles. The first kappa shape index (κ1) is 8.59. The molecule has 0 radical (unpaired) electrons. The van der Waals surface area contributed by atoms with E-state index in [-0.39, 0.29) is 0 Å². The van der Waals surface area contributed by atoms with Gasteiger partial charge in [0, 0.05) is 5.57 Å². The SMILES string of the molecule is CCOC(=O)C1=CC=C/C1=C/O. The first-order chi connectivity index (χ1) is 5.79. The Hall–Kier alpha value is -1.51. The Labute approximate surface area is 70.7 Å². The molecule has 0 fully saturated rings. The van der Waals surface area contributed by atoms with Crippen LogP contribution < -0.4 is 0 Å². The molecule has 1 aliphatic carbocycles. The van der Waals surface area contributed by atoms with Gasteiger partial charge >= 0.3 is 5.97 Å². The van der Waals surface area contributed by atoms with Gasteiger partial charge in [0.2, 0.25) is 0 Å². The number of aliphatic hydroxyl groups excluding tert-OH is 1. The largest absolute Gasteiger partial charge is 0.515 e. The highest BCUT2D eigenvalue weighted by molar-refractivity contribution is 5.95. The lowest BCUT2D eigenvalue weighted by Gasteiger charge is -2.02. The maximum absolute atomic E-state index is 11.1. The standard InChI is InChI=1S/C9H10O3/c1-2-12-9(11)8-5-3-4-7(8)6-10/h3-6,10H,2H2,1H3/b7-6-. The third-order valence-electron chi connectivity index (χ3n) is 1.48. The van der Waals surface area contributed by atoms with Crippen LogP contribution in [-0.4, -0.2) is 17.7 Å². The minimum absolute atomic E-state index is 0.342. The van der Waals surface area contributed by atoms with Crippen LogP contribution in [0.2, 0.25) is 0 Å². The number of allylic oxidation sites excluding steroid dienone is 3. The van der Waals surface area contributed by atoms with E-state index in [9.17, 15) is 4.79 Å². The van der Waals surface area contributed by atoms with Gasteiger partial charge in [-0.25, -0.2) is 4.79 Å². The number of carbonyl (C=O) groups is 1. The van der Waals surface area contributed by atoms with Gasteiger partial charge in [-0.2, -0.15) is 0 Å². The first-order valence-corrected chi connectivity index (χ1v) is 3.69. The lowest BCUT2D eigenvalue weighted by molar-refractivity contribution is -0.138. The maximum Gasteiger partial charge on any atom is 0.338 e. The Balaban J connectivity index is 2.72. The van der Waals surface area contributed by atoms with Crippen molar-refractivity contribution >= 4 is 5.97 Å². The van der Waals surface area contributed by atoms with Crippen molar-refractivity contribution in [3.63, 3.8) is 0 Å². The molecular formula is C9H10O3. The van der Waals surface area contributed by atoms with Crippen LogP contribution in [0.3, 0.4) is 0 Å². The fourth-order valence-corrected chi connectivity index (χ4v) is 0.941. The summed E-state index contributed by atoms with van der Waals surface area (Å²) in [6.45, 7) is 2.08. The number of rotatable bonds is 2. The molecule has 0 aliphatic heterocycles. The average Bonchev–Trinajstić information content (AvgIpc) is 2.51. The van der Waals surface area contributed by atoms with Crippen LogP contribution in [0.1, 0.15) is 6.92 Å². The summed E-state index contributed by atoms with van der Waals surface area (Å²) in [5, 5.41) is 8.69. The van der Waals surface area contributed by atoms with Crippen molar-refractivity contribution in [3.05, 3.63) is 35.6 Å². The molecule has 0 aromatic carbocycles. The van der Waals surface area contributed by atoms with Crippen molar-refractivity contribution < 1.29 is 14.6 Å². The molecule has 64 valence electrons. The van der Waals surface area contributed by atoms with Crippen LogP contribution in [0, 0.1) is 0 Å². The molecule has 0 atom stereocenters. The van der Waals surface area contributed by atoms with Crippen molar-refractivity contribution in [2.75, 3.05) is 6.61 Å². The summed E-state index contributed by atoms with van der Waals surface area (Å²) < 4.78 is 4.76. The highest BCUT2D eigenvalue weighted by atomic mass is 16.5. The summed E-state index contributed by atoms with van der Waals surface area (Å²) in [6.07, 6.45) is 5.84. The van der Waals surface area contributed by atoms with Crippen LogP contribution in [-0.2, 0) is 9.53 Å². The number of aliphatic hydroxyl groups is 1. The van der Waals surface area contributed by atoms with Crippen molar-refractivity contribution in [2.24, 2.45) is 0 Å². The Morgan fingerprint density at radius 2 is 2.50 bits per heavy atom. The zero-order valence-electron chi connectivity index (χ0n) is 6.78. The van der Waals surface area contributed by atoms with Crippen molar-refractivity contribution in [1.29, 1.82) is 0 Å². The van der Waals surface area contributed by atoms with Gasteiger partial charge in [0.15, 0.2) is 0 Å². The van der Waals surface area contributed by atoms with E-state index in [1.165, 1.54) is 0 Å². The summed E-state index contributed by atoms with van der Waals surface area (Å²) in [4.78, 5) is 11.1. The second-order valence-corrected chi connectivity index (χ2v) is 2.24. The molecule has 3 nitrogen and oxygen atoms in total. The molecule has 0 saturated carbocycles. The van der Waals surface area contributed by atoms with E-state index < -0.39 is 5.97 Å². The summed E-state index contributed by atoms with van der Waals surface area (Å²) in [7, 11) is 0. The molecule has 12 heavy (non-hydrogen) atoms. The van der Waals surface area contributed by atoms with Gasteiger partial charge in [0.25, 0.3) is 0 Å². The molecular weight excluding hydrogens is 156 g/mol. The number of ether oxygens (including phenoxy) is 1. The van der Waals surface area contributed by atoms with Gasteiger partial charge in [0.1, 0.15) is 0 Å². The highest BCUT2D eigenvalue weighted by Gasteiger charge is 2.15. The molecule has 0 aromatic heterocycles. The van der Waals surface area contributed by atoms with Gasteiger partial charge < -0.3 is 9.84 Å². The van der Waals surface area contributed by atoms with E-state index in [4.69, 9.17) is 9.84 Å². The topological polar surface area (TPSA) is 46.5 Å². The van der Waals surface area contributed by atoms with Crippen molar-refractivity contribution in [2.45, 2.75) is 6.92 Å². The molecule has 0 saturated heterocycles. The van der Waals surface area contributed by atoms with Gasteiger partial charge in [0.05, 0.1) is 18.4 Å². The van der Waals surface area contributed by atoms with E-state index in [0.29, 0.717) is 17.8 Å². The maximum atomic E-state index is 11.1. The molecule has 1 rings (SSSR count). The summed E-state index contributed by atoms with van der Waals surface area (Å²) in [6, 6.07) is 0. The number of hydrogen-bond donors (Lipinski definition) is 1.